The molecule has 0 radical (unpaired) electrons. The SMILES string of the molecule is OC(C1=CCCC1)C1CCCC1(F)F. The molecule has 14 heavy (non-hydrogen) atoms. The fourth-order valence-corrected chi connectivity index (χ4v) is 2.57. The van der Waals surface area contributed by atoms with Gasteiger partial charge in [0.2, 0.25) is 0 Å². The molecule has 0 heterocycles. The molecule has 1 N–H and O–H groups in total. The van der Waals surface area contributed by atoms with Crippen LogP contribution in [-0.4, -0.2) is 17.1 Å². The van der Waals surface area contributed by atoms with Crippen LogP contribution in [0.3, 0.4) is 0 Å². The van der Waals surface area contributed by atoms with E-state index in [0.717, 1.165) is 24.8 Å². The summed E-state index contributed by atoms with van der Waals surface area (Å²) in [4.78, 5) is 0. The van der Waals surface area contributed by atoms with Crippen LogP contribution in [0, 0.1) is 5.92 Å². The van der Waals surface area contributed by atoms with E-state index in [-0.39, 0.29) is 6.42 Å². The van der Waals surface area contributed by atoms with Gasteiger partial charge in [0.15, 0.2) is 0 Å². The maximum atomic E-state index is 13.3. The zero-order valence-electron chi connectivity index (χ0n) is 8.18. The van der Waals surface area contributed by atoms with E-state index >= 15 is 0 Å². The number of rotatable bonds is 2. The Morgan fingerprint density at radius 1 is 1.43 bits per heavy atom. The third kappa shape index (κ3) is 1.70. The first-order chi connectivity index (χ1) is 6.61. The van der Waals surface area contributed by atoms with Crippen LogP contribution in [0.4, 0.5) is 8.78 Å². The first-order valence-electron chi connectivity index (χ1n) is 5.36. The average molecular weight is 202 g/mol. The number of hydrogen-bond donors (Lipinski definition) is 1. The highest BCUT2D eigenvalue weighted by Gasteiger charge is 2.48. The van der Waals surface area contributed by atoms with E-state index in [1.165, 1.54) is 0 Å². The lowest BCUT2D eigenvalue weighted by Crippen LogP contribution is -2.33. The Bertz CT molecular complexity index is 248. The molecular formula is C11H16F2O. The predicted octanol–water partition coefficient (Wildman–Crippen LogP) is 2.89. The van der Waals surface area contributed by atoms with Crippen molar-refractivity contribution < 1.29 is 13.9 Å². The van der Waals surface area contributed by atoms with Crippen LogP contribution >= 0.6 is 0 Å². The molecule has 2 unspecified atom stereocenters. The van der Waals surface area contributed by atoms with Crippen LogP contribution in [0.25, 0.3) is 0 Å². The Kier molecular flexibility index (Phi) is 2.60. The van der Waals surface area contributed by atoms with Gasteiger partial charge >= 0.3 is 0 Å². The smallest absolute Gasteiger partial charge is 0.253 e. The first-order valence-corrected chi connectivity index (χ1v) is 5.36. The number of aliphatic hydroxyl groups is 1. The van der Waals surface area contributed by atoms with Crippen molar-refractivity contribution >= 4 is 0 Å². The zero-order chi connectivity index (χ0) is 10.2. The quantitative estimate of drug-likeness (QED) is 0.682. The van der Waals surface area contributed by atoms with E-state index < -0.39 is 17.9 Å². The highest BCUT2D eigenvalue weighted by atomic mass is 19.3. The van der Waals surface area contributed by atoms with E-state index in [2.05, 4.69) is 0 Å². The monoisotopic (exact) mass is 202 g/mol. The van der Waals surface area contributed by atoms with E-state index in [4.69, 9.17) is 0 Å². The molecule has 80 valence electrons. The topological polar surface area (TPSA) is 20.2 Å². The van der Waals surface area contributed by atoms with Crippen molar-refractivity contribution in [3.63, 3.8) is 0 Å². The molecule has 3 heteroatoms. The summed E-state index contributed by atoms with van der Waals surface area (Å²) in [6.07, 6.45) is 4.73. The molecule has 0 aromatic heterocycles. The zero-order valence-corrected chi connectivity index (χ0v) is 8.18. The number of allylic oxidation sites excluding steroid dienone is 1. The molecule has 1 saturated carbocycles. The van der Waals surface area contributed by atoms with Gasteiger partial charge in [-0.05, 0) is 37.7 Å². The summed E-state index contributed by atoms with van der Waals surface area (Å²) in [5.74, 6) is -3.48. The molecule has 0 aromatic carbocycles. The second-order valence-electron chi connectivity index (χ2n) is 4.38. The summed E-state index contributed by atoms with van der Waals surface area (Å²) < 4.78 is 26.7. The maximum Gasteiger partial charge on any atom is 0.253 e. The maximum absolute atomic E-state index is 13.3. The average Bonchev–Trinajstić information content (AvgIpc) is 2.71. The molecule has 0 aliphatic heterocycles. The Balaban J connectivity index is 2.07. The van der Waals surface area contributed by atoms with Gasteiger partial charge < -0.3 is 5.11 Å². The van der Waals surface area contributed by atoms with Crippen molar-refractivity contribution in [3.8, 4) is 0 Å². The predicted molar refractivity (Wildman–Crippen MR) is 50.2 cm³/mol. The van der Waals surface area contributed by atoms with Crippen LogP contribution in [0.2, 0.25) is 0 Å². The van der Waals surface area contributed by atoms with Gasteiger partial charge in [-0.15, -0.1) is 0 Å². The molecule has 2 aliphatic carbocycles. The third-order valence-corrected chi connectivity index (χ3v) is 3.40. The summed E-state index contributed by atoms with van der Waals surface area (Å²) in [6, 6.07) is 0. The summed E-state index contributed by atoms with van der Waals surface area (Å²) in [6.45, 7) is 0. The normalized spacial score (nSPS) is 33.1. The Hall–Kier alpha value is -0.440. The van der Waals surface area contributed by atoms with Crippen LogP contribution < -0.4 is 0 Å². The summed E-state index contributed by atoms with van der Waals surface area (Å²) >= 11 is 0. The fraction of sp³-hybridized carbons (Fsp3) is 0.818. The summed E-state index contributed by atoms with van der Waals surface area (Å²) in [7, 11) is 0. The van der Waals surface area contributed by atoms with E-state index in [1.807, 2.05) is 6.08 Å². The lowest BCUT2D eigenvalue weighted by Gasteiger charge is -2.25. The van der Waals surface area contributed by atoms with Crippen LogP contribution in [0.1, 0.15) is 38.5 Å². The molecule has 0 spiro atoms. The molecule has 2 rings (SSSR count). The number of aliphatic hydroxyl groups excluding tert-OH is 1. The van der Waals surface area contributed by atoms with Gasteiger partial charge in [0.05, 0.1) is 12.0 Å². The number of halogens is 2. The van der Waals surface area contributed by atoms with Crippen LogP contribution in [0.15, 0.2) is 11.6 Å². The van der Waals surface area contributed by atoms with E-state index in [0.29, 0.717) is 12.8 Å². The molecule has 2 aliphatic rings. The second-order valence-corrected chi connectivity index (χ2v) is 4.38. The molecule has 0 bridgehead atoms. The molecule has 0 saturated heterocycles. The minimum Gasteiger partial charge on any atom is -0.388 e. The Labute approximate surface area is 82.8 Å². The minimum absolute atomic E-state index is 0.0536. The highest BCUT2D eigenvalue weighted by molar-refractivity contribution is 5.15. The minimum atomic E-state index is -2.65. The Morgan fingerprint density at radius 3 is 2.71 bits per heavy atom. The molecule has 1 fully saturated rings. The van der Waals surface area contributed by atoms with Crippen molar-refractivity contribution in [3.05, 3.63) is 11.6 Å². The number of hydrogen-bond acceptors (Lipinski definition) is 1. The lowest BCUT2D eigenvalue weighted by molar-refractivity contribution is -0.0738. The molecular weight excluding hydrogens is 186 g/mol. The van der Waals surface area contributed by atoms with Gasteiger partial charge in [-0.2, -0.15) is 0 Å². The molecule has 2 atom stereocenters. The van der Waals surface area contributed by atoms with E-state index in [1.54, 1.807) is 0 Å². The first kappa shape index (κ1) is 10.1. The largest absolute Gasteiger partial charge is 0.388 e. The van der Waals surface area contributed by atoms with Gasteiger partial charge in [-0.3, -0.25) is 0 Å². The van der Waals surface area contributed by atoms with Gasteiger partial charge in [0.25, 0.3) is 5.92 Å². The van der Waals surface area contributed by atoms with Gasteiger partial charge in [-0.1, -0.05) is 6.08 Å². The second kappa shape index (κ2) is 3.61. The van der Waals surface area contributed by atoms with Crippen LogP contribution in [0.5, 0.6) is 0 Å². The summed E-state index contributed by atoms with van der Waals surface area (Å²) in [5.41, 5.74) is 0.844. The fourth-order valence-electron chi connectivity index (χ4n) is 2.57. The molecule has 0 amide bonds. The van der Waals surface area contributed by atoms with Crippen molar-refractivity contribution in [2.75, 3.05) is 0 Å². The van der Waals surface area contributed by atoms with Gasteiger partial charge in [0, 0.05) is 6.42 Å². The van der Waals surface area contributed by atoms with Crippen molar-refractivity contribution in [2.24, 2.45) is 5.92 Å². The van der Waals surface area contributed by atoms with Crippen molar-refractivity contribution in [1.82, 2.24) is 0 Å². The highest BCUT2D eigenvalue weighted by Crippen LogP contribution is 2.44. The third-order valence-electron chi connectivity index (χ3n) is 3.40. The van der Waals surface area contributed by atoms with Crippen molar-refractivity contribution in [2.45, 2.75) is 50.6 Å². The number of alkyl halides is 2. The lowest BCUT2D eigenvalue weighted by atomic mass is 9.91. The standard InChI is InChI=1S/C11H16F2O/c12-11(13)7-3-6-9(11)10(14)8-4-1-2-5-8/h4,9-10,14H,1-3,5-7H2. The Morgan fingerprint density at radius 2 is 2.21 bits per heavy atom. The summed E-state index contributed by atoms with van der Waals surface area (Å²) in [5, 5.41) is 9.84. The van der Waals surface area contributed by atoms with Gasteiger partial charge in [0.1, 0.15) is 0 Å². The van der Waals surface area contributed by atoms with Gasteiger partial charge in [-0.25, -0.2) is 8.78 Å². The van der Waals surface area contributed by atoms with Crippen molar-refractivity contribution in [1.29, 1.82) is 0 Å². The van der Waals surface area contributed by atoms with E-state index in [9.17, 15) is 13.9 Å². The van der Waals surface area contributed by atoms with Crippen LogP contribution in [-0.2, 0) is 0 Å². The molecule has 0 aromatic rings. The molecule has 1 nitrogen and oxygen atoms in total.